The molecule has 1 saturated heterocycles. The van der Waals surface area contributed by atoms with E-state index >= 15 is 0 Å². The highest BCUT2D eigenvalue weighted by Gasteiger charge is 2.44. The first-order chi connectivity index (χ1) is 9.74. The van der Waals surface area contributed by atoms with Crippen molar-refractivity contribution in [1.29, 1.82) is 0 Å². The number of hydrogen-bond donors (Lipinski definition) is 0. The molecule has 2 heterocycles. The maximum absolute atomic E-state index is 12.5. The summed E-state index contributed by atoms with van der Waals surface area (Å²) in [6.45, 7) is 3.08. The monoisotopic (exact) mass is 286 g/mol. The Balaban J connectivity index is 1.64. The molecule has 0 unspecified atom stereocenters. The van der Waals surface area contributed by atoms with Crippen LogP contribution in [0.25, 0.3) is 10.2 Å². The first-order valence-electron chi connectivity index (χ1n) is 7.40. The van der Waals surface area contributed by atoms with Crippen molar-refractivity contribution in [2.45, 2.75) is 32.2 Å². The Bertz CT molecular complexity index is 632. The normalized spacial score (nSPS) is 29.1. The van der Waals surface area contributed by atoms with Crippen LogP contribution < -0.4 is 0 Å². The Morgan fingerprint density at radius 3 is 2.95 bits per heavy atom. The number of rotatable bonds is 2. The predicted octanol–water partition coefficient (Wildman–Crippen LogP) is 3.62. The van der Waals surface area contributed by atoms with Crippen molar-refractivity contribution < 1.29 is 4.79 Å². The van der Waals surface area contributed by atoms with Gasteiger partial charge in [-0.2, -0.15) is 0 Å². The van der Waals surface area contributed by atoms with Gasteiger partial charge in [0.15, 0.2) is 0 Å². The SMILES string of the molecule is C[C@@H]1C[C@@H]1C(=O)N1CCC[C@H]1c1nc2ccccc2s1. The van der Waals surface area contributed by atoms with Crippen LogP contribution in [0, 0.1) is 11.8 Å². The van der Waals surface area contributed by atoms with Crippen molar-refractivity contribution in [2.24, 2.45) is 11.8 Å². The first-order valence-corrected chi connectivity index (χ1v) is 8.21. The number of carbonyl (C=O) groups excluding carboxylic acids is 1. The Labute approximate surface area is 122 Å². The van der Waals surface area contributed by atoms with Gasteiger partial charge in [0, 0.05) is 12.5 Å². The number of aromatic nitrogens is 1. The van der Waals surface area contributed by atoms with Crippen molar-refractivity contribution in [3.63, 3.8) is 0 Å². The highest BCUT2D eigenvalue weighted by molar-refractivity contribution is 7.18. The molecule has 0 spiro atoms. The van der Waals surface area contributed by atoms with Crippen molar-refractivity contribution >= 4 is 27.5 Å². The maximum Gasteiger partial charge on any atom is 0.226 e. The van der Waals surface area contributed by atoms with E-state index in [2.05, 4.69) is 24.0 Å². The third-order valence-corrected chi connectivity index (χ3v) is 5.70. The third-order valence-electron chi connectivity index (χ3n) is 4.56. The molecule has 104 valence electrons. The van der Waals surface area contributed by atoms with Gasteiger partial charge in [0.05, 0.1) is 16.3 Å². The average Bonchev–Trinajstić information content (AvgIpc) is 2.92. The Morgan fingerprint density at radius 1 is 1.40 bits per heavy atom. The van der Waals surface area contributed by atoms with E-state index in [1.807, 2.05) is 12.1 Å². The molecule has 1 saturated carbocycles. The minimum atomic E-state index is 0.215. The summed E-state index contributed by atoms with van der Waals surface area (Å²) in [6.07, 6.45) is 3.24. The zero-order chi connectivity index (χ0) is 13.7. The summed E-state index contributed by atoms with van der Waals surface area (Å²) in [4.78, 5) is 19.4. The molecule has 1 aromatic heterocycles. The molecule has 20 heavy (non-hydrogen) atoms. The van der Waals surface area contributed by atoms with Gasteiger partial charge >= 0.3 is 0 Å². The largest absolute Gasteiger partial charge is 0.333 e. The minimum Gasteiger partial charge on any atom is -0.333 e. The van der Waals surface area contributed by atoms with E-state index in [-0.39, 0.29) is 12.0 Å². The summed E-state index contributed by atoms with van der Waals surface area (Å²) in [7, 11) is 0. The topological polar surface area (TPSA) is 33.2 Å². The van der Waals surface area contributed by atoms with Gasteiger partial charge in [0.25, 0.3) is 0 Å². The number of thiazole rings is 1. The van der Waals surface area contributed by atoms with E-state index in [1.54, 1.807) is 11.3 Å². The summed E-state index contributed by atoms with van der Waals surface area (Å²) in [5.41, 5.74) is 1.06. The van der Waals surface area contributed by atoms with E-state index in [0.29, 0.717) is 11.8 Å². The summed E-state index contributed by atoms with van der Waals surface area (Å²) in [6, 6.07) is 8.45. The fourth-order valence-corrected chi connectivity index (χ4v) is 4.31. The fourth-order valence-electron chi connectivity index (χ4n) is 3.20. The Hall–Kier alpha value is -1.42. The summed E-state index contributed by atoms with van der Waals surface area (Å²) >= 11 is 1.74. The molecule has 0 N–H and O–H groups in total. The van der Waals surface area contributed by atoms with Gasteiger partial charge in [-0.3, -0.25) is 4.79 Å². The number of fused-ring (bicyclic) bond motifs is 1. The highest BCUT2D eigenvalue weighted by atomic mass is 32.1. The molecule has 4 heteroatoms. The zero-order valence-electron chi connectivity index (χ0n) is 11.6. The number of likely N-dealkylation sites (tertiary alicyclic amines) is 1. The number of hydrogen-bond acceptors (Lipinski definition) is 3. The standard InChI is InChI=1S/C16H18N2OS/c1-10-9-11(10)16(19)18-8-4-6-13(18)15-17-12-5-2-3-7-14(12)20-15/h2-3,5,7,10-11,13H,4,6,8-9H2,1H3/t10-,11+,13+/m1/s1. The highest BCUT2D eigenvalue weighted by Crippen LogP contribution is 2.44. The van der Waals surface area contributed by atoms with Crippen molar-refractivity contribution in [2.75, 3.05) is 6.54 Å². The molecule has 3 atom stereocenters. The van der Waals surface area contributed by atoms with Crippen LogP contribution in [0.1, 0.15) is 37.2 Å². The molecule has 4 rings (SSSR count). The van der Waals surface area contributed by atoms with Crippen molar-refractivity contribution in [1.82, 2.24) is 9.88 Å². The van der Waals surface area contributed by atoms with E-state index in [1.165, 1.54) is 4.70 Å². The van der Waals surface area contributed by atoms with E-state index < -0.39 is 0 Å². The average molecular weight is 286 g/mol. The zero-order valence-corrected chi connectivity index (χ0v) is 12.4. The second-order valence-corrected chi connectivity index (χ2v) is 7.09. The summed E-state index contributed by atoms with van der Waals surface area (Å²) < 4.78 is 1.22. The molecule has 0 radical (unpaired) electrons. The Kier molecular flexibility index (Phi) is 2.81. The molecule has 2 aliphatic rings. The van der Waals surface area contributed by atoms with Gasteiger partial charge in [0.2, 0.25) is 5.91 Å². The molecule has 1 aliphatic heterocycles. The number of nitrogens with zero attached hydrogens (tertiary/aromatic N) is 2. The lowest BCUT2D eigenvalue weighted by Gasteiger charge is -2.23. The van der Waals surface area contributed by atoms with Crippen LogP contribution in [0.3, 0.4) is 0 Å². The maximum atomic E-state index is 12.5. The molecule has 0 bridgehead atoms. The molecular formula is C16H18N2OS. The van der Waals surface area contributed by atoms with E-state index in [9.17, 15) is 4.79 Å². The second-order valence-electron chi connectivity index (χ2n) is 6.03. The van der Waals surface area contributed by atoms with Crippen LogP contribution in [-0.2, 0) is 4.79 Å². The molecule has 2 fully saturated rings. The van der Waals surface area contributed by atoms with Crippen LogP contribution in [0.15, 0.2) is 24.3 Å². The third kappa shape index (κ3) is 1.94. The smallest absolute Gasteiger partial charge is 0.226 e. The van der Waals surface area contributed by atoms with Crippen LogP contribution in [0.4, 0.5) is 0 Å². The minimum absolute atomic E-state index is 0.215. The number of benzene rings is 1. The lowest BCUT2D eigenvalue weighted by Crippen LogP contribution is -2.32. The van der Waals surface area contributed by atoms with Gasteiger partial charge in [-0.05, 0) is 37.3 Å². The first kappa shape index (κ1) is 12.3. The van der Waals surface area contributed by atoms with Gasteiger partial charge < -0.3 is 4.90 Å². The quantitative estimate of drug-likeness (QED) is 0.845. The summed E-state index contributed by atoms with van der Waals surface area (Å²) in [5, 5.41) is 1.12. The van der Waals surface area contributed by atoms with Gasteiger partial charge in [-0.15, -0.1) is 11.3 Å². The van der Waals surface area contributed by atoms with Crippen molar-refractivity contribution in [3.8, 4) is 0 Å². The Morgan fingerprint density at radius 2 is 2.20 bits per heavy atom. The van der Waals surface area contributed by atoms with E-state index in [0.717, 1.165) is 36.3 Å². The van der Waals surface area contributed by atoms with Crippen LogP contribution in [-0.4, -0.2) is 22.3 Å². The van der Waals surface area contributed by atoms with Crippen molar-refractivity contribution in [3.05, 3.63) is 29.3 Å². The van der Waals surface area contributed by atoms with Gasteiger partial charge in [-0.1, -0.05) is 19.1 Å². The number of amides is 1. The molecule has 3 nitrogen and oxygen atoms in total. The van der Waals surface area contributed by atoms with Crippen LogP contribution >= 0.6 is 11.3 Å². The number of carbonyl (C=O) groups is 1. The van der Waals surface area contributed by atoms with Crippen LogP contribution in [0.2, 0.25) is 0 Å². The lowest BCUT2D eigenvalue weighted by atomic mass is 10.2. The molecule has 1 aromatic carbocycles. The fraction of sp³-hybridized carbons (Fsp3) is 0.500. The van der Waals surface area contributed by atoms with E-state index in [4.69, 9.17) is 4.98 Å². The van der Waals surface area contributed by atoms with Crippen LogP contribution in [0.5, 0.6) is 0 Å². The molecule has 1 aliphatic carbocycles. The predicted molar refractivity (Wildman–Crippen MR) is 80.6 cm³/mol. The van der Waals surface area contributed by atoms with Gasteiger partial charge in [0.1, 0.15) is 5.01 Å². The summed E-state index contributed by atoms with van der Waals surface area (Å²) in [5.74, 6) is 1.23. The molecule has 2 aromatic rings. The lowest BCUT2D eigenvalue weighted by molar-refractivity contribution is -0.133. The molecule has 1 amide bonds. The second kappa shape index (κ2) is 4.55. The number of para-hydroxylation sites is 1. The van der Waals surface area contributed by atoms with Gasteiger partial charge in [-0.25, -0.2) is 4.98 Å². The molecular weight excluding hydrogens is 268 g/mol.